The molecule has 4 nitrogen and oxygen atoms in total. The summed E-state index contributed by atoms with van der Waals surface area (Å²) in [5.74, 6) is -0.0553. The maximum atomic E-state index is 12.4. The molecule has 0 aliphatic rings. The minimum Gasteiger partial charge on any atom is -0.351 e. The lowest BCUT2D eigenvalue weighted by Crippen LogP contribution is -2.24. The molecule has 0 saturated carbocycles. The predicted octanol–water partition coefficient (Wildman–Crippen LogP) is 3.88. The number of hydrogen-bond acceptors (Lipinski definition) is 4. The highest BCUT2D eigenvalue weighted by molar-refractivity contribution is 7.17. The Hall–Kier alpha value is -2.53. The van der Waals surface area contributed by atoms with Crippen LogP contribution in [0.25, 0.3) is 10.7 Å². The molecule has 0 atom stereocenters. The molecule has 0 saturated heterocycles. The van der Waals surface area contributed by atoms with Crippen molar-refractivity contribution >= 4 is 17.2 Å². The van der Waals surface area contributed by atoms with Crippen LogP contribution in [0.2, 0.25) is 0 Å². The van der Waals surface area contributed by atoms with Gasteiger partial charge in [-0.3, -0.25) is 9.78 Å². The van der Waals surface area contributed by atoms with Crippen LogP contribution >= 0.6 is 11.3 Å². The van der Waals surface area contributed by atoms with Gasteiger partial charge in [0.15, 0.2) is 0 Å². The minimum atomic E-state index is -0.0553. The van der Waals surface area contributed by atoms with Gasteiger partial charge in [-0.2, -0.15) is 0 Å². The third-order valence-corrected chi connectivity index (χ3v) is 4.84. The van der Waals surface area contributed by atoms with Gasteiger partial charge in [0, 0.05) is 12.7 Å². The van der Waals surface area contributed by atoms with Crippen LogP contribution in [0.1, 0.15) is 27.3 Å². The van der Waals surface area contributed by atoms with Crippen LogP contribution in [-0.4, -0.2) is 22.4 Å². The maximum Gasteiger partial charge on any atom is 0.263 e. The summed E-state index contributed by atoms with van der Waals surface area (Å²) >= 11 is 1.39. The Morgan fingerprint density at radius 1 is 1.12 bits per heavy atom. The van der Waals surface area contributed by atoms with E-state index in [4.69, 9.17) is 0 Å². The van der Waals surface area contributed by atoms with Crippen molar-refractivity contribution in [2.45, 2.75) is 19.8 Å². The number of pyridine rings is 1. The van der Waals surface area contributed by atoms with Gasteiger partial charge in [0.2, 0.25) is 0 Å². The van der Waals surface area contributed by atoms with Gasteiger partial charge in [-0.1, -0.05) is 36.4 Å². The molecule has 0 fully saturated rings. The number of carbonyl (C=O) groups is 1. The van der Waals surface area contributed by atoms with E-state index in [1.807, 2.05) is 43.3 Å². The lowest BCUT2D eigenvalue weighted by Gasteiger charge is -2.04. The zero-order valence-electron chi connectivity index (χ0n) is 13.5. The quantitative estimate of drug-likeness (QED) is 0.695. The molecular weight excluding hydrogens is 318 g/mol. The summed E-state index contributed by atoms with van der Waals surface area (Å²) in [5, 5.41) is 3.77. The van der Waals surface area contributed by atoms with E-state index < -0.39 is 0 Å². The maximum absolute atomic E-state index is 12.4. The van der Waals surface area contributed by atoms with Crippen molar-refractivity contribution in [1.29, 1.82) is 0 Å². The molecule has 0 bridgehead atoms. The Kier molecular flexibility index (Phi) is 5.33. The molecule has 2 heterocycles. The van der Waals surface area contributed by atoms with E-state index in [0.29, 0.717) is 11.4 Å². The molecule has 2 aromatic heterocycles. The number of hydrogen-bond donors (Lipinski definition) is 1. The summed E-state index contributed by atoms with van der Waals surface area (Å²) in [4.78, 5) is 21.8. The van der Waals surface area contributed by atoms with Crippen molar-refractivity contribution in [3.05, 3.63) is 70.9 Å². The summed E-state index contributed by atoms with van der Waals surface area (Å²) in [7, 11) is 0. The first-order chi connectivity index (χ1) is 11.7. The van der Waals surface area contributed by atoms with E-state index in [1.54, 1.807) is 6.20 Å². The summed E-state index contributed by atoms with van der Waals surface area (Å²) < 4.78 is 0. The van der Waals surface area contributed by atoms with Crippen molar-refractivity contribution in [3.8, 4) is 10.7 Å². The molecule has 1 N–H and O–H groups in total. The zero-order chi connectivity index (χ0) is 16.8. The summed E-state index contributed by atoms with van der Waals surface area (Å²) in [5.41, 5.74) is 2.84. The number of thiazole rings is 1. The van der Waals surface area contributed by atoms with Crippen molar-refractivity contribution in [3.63, 3.8) is 0 Å². The Balaban J connectivity index is 1.56. The number of aromatic nitrogens is 2. The first kappa shape index (κ1) is 16.3. The molecule has 3 aromatic rings. The molecule has 1 aromatic carbocycles. The first-order valence-corrected chi connectivity index (χ1v) is 8.76. The first-order valence-electron chi connectivity index (χ1n) is 7.95. The van der Waals surface area contributed by atoms with Crippen LogP contribution < -0.4 is 5.32 Å². The van der Waals surface area contributed by atoms with Gasteiger partial charge >= 0.3 is 0 Å². The SMILES string of the molecule is Cc1nc(-c2ccccn2)sc1C(=O)NCCCc1ccccc1. The van der Waals surface area contributed by atoms with Gasteiger partial charge in [0.1, 0.15) is 9.88 Å². The summed E-state index contributed by atoms with van der Waals surface area (Å²) in [6.45, 7) is 2.52. The number of nitrogens with one attached hydrogen (secondary N) is 1. The van der Waals surface area contributed by atoms with Crippen molar-refractivity contribution in [2.75, 3.05) is 6.54 Å². The largest absolute Gasteiger partial charge is 0.351 e. The molecule has 0 aliphatic carbocycles. The molecular formula is C19H19N3OS. The second-order valence-corrected chi connectivity index (χ2v) is 6.49. The fourth-order valence-corrected chi connectivity index (χ4v) is 3.38. The lowest BCUT2D eigenvalue weighted by atomic mass is 10.1. The number of nitrogens with zero attached hydrogens (tertiary/aromatic N) is 2. The molecule has 0 aliphatic heterocycles. The van der Waals surface area contributed by atoms with E-state index in [1.165, 1.54) is 16.9 Å². The Morgan fingerprint density at radius 2 is 1.92 bits per heavy atom. The standard InChI is InChI=1S/C19H19N3OS/c1-14-17(24-19(22-14)16-11-5-6-12-20-16)18(23)21-13-7-10-15-8-3-2-4-9-15/h2-6,8-9,11-12H,7,10,13H2,1H3,(H,21,23). The normalized spacial score (nSPS) is 10.5. The van der Waals surface area contributed by atoms with E-state index in [0.717, 1.165) is 29.2 Å². The lowest BCUT2D eigenvalue weighted by molar-refractivity contribution is 0.0956. The third kappa shape index (κ3) is 4.06. The fourth-order valence-electron chi connectivity index (χ4n) is 2.43. The molecule has 122 valence electrons. The van der Waals surface area contributed by atoms with Crippen molar-refractivity contribution in [1.82, 2.24) is 15.3 Å². The van der Waals surface area contributed by atoms with Crippen molar-refractivity contribution in [2.24, 2.45) is 0 Å². The Bertz CT molecular complexity index is 800. The highest BCUT2D eigenvalue weighted by Crippen LogP contribution is 2.26. The van der Waals surface area contributed by atoms with Crippen LogP contribution in [-0.2, 0) is 6.42 Å². The van der Waals surface area contributed by atoms with Gasteiger partial charge < -0.3 is 5.32 Å². The van der Waals surface area contributed by atoms with E-state index >= 15 is 0 Å². The van der Waals surface area contributed by atoms with Gasteiger partial charge in [0.25, 0.3) is 5.91 Å². The summed E-state index contributed by atoms with van der Waals surface area (Å²) in [6.07, 6.45) is 3.61. The molecule has 5 heteroatoms. The zero-order valence-corrected chi connectivity index (χ0v) is 14.3. The van der Waals surface area contributed by atoms with Gasteiger partial charge in [-0.25, -0.2) is 4.98 Å². The van der Waals surface area contributed by atoms with E-state index in [2.05, 4.69) is 27.4 Å². The number of carbonyl (C=O) groups excluding carboxylic acids is 1. The molecule has 1 amide bonds. The molecule has 0 radical (unpaired) electrons. The van der Waals surface area contributed by atoms with Crippen LogP contribution in [0.3, 0.4) is 0 Å². The molecule has 0 unspecified atom stereocenters. The third-order valence-electron chi connectivity index (χ3n) is 3.66. The van der Waals surface area contributed by atoms with Gasteiger partial charge in [-0.15, -0.1) is 11.3 Å². The van der Waals surface area contributed by atoms with E-state index in [-0.39, 0.29) is 5.91 Å². The number of benzene rings is 1. The molecule has 24 heavy (non-hydrogen) atoms. The Labute approximate surface area is 145 Å². The van der Waals surface area contributed by atoms with Gasteiger partial charge in [-0.05, 0) is 37.5 Å². The highest BCUT2D eigenvalue weighted by atomic mass is 32.1. The number of aryl methyl sites for hydroxylation is 2. The summed E-state index contributed by atoms with van der Waals surface area (Å²) in [6, 6.07) is 16.0. The topological polar surface area (TPSA) is 54.9 Å². The fraction of sp³-hybridized carbons (Fsp3) is 0.211. The van der Waals surface area contributed by atoms with Crippen LogP contribution in [0.5, 0.6) is 0 Å². The van der Waals surface area contributed by atoms with Crippen LogP contribution in [0.15, 0.2) is 54.7 Å². The van der Waals surface area contributed by atoms with Crippen LogP contribution in [0.4, 0.5) is 0 Å². The van der Waals surface area contributed by atoms with Crippen molar-refractivity contribution < 1.29 is 4.79 Å². The Morgan fingerprint density at radius 3 is 2.67 bits per heavy atom. The highest BCUT2D eigenvalue weighted by Gasteiger charge is 2.16. The van der Waals surface area contributed by atoms with E-state index in [9.17, 15) is 4.79 Å². The second kappa shape index (κ2) is 7.84. The van der Waals surface area contributed by atoms with Crippen LogP contribution in [0, 0.1) is 6.92 Å². The average molecular weight is 337 g/mol. The monoisotopic (exact) mass is 337 g/mol. The molecule has 0 spiro atoms. The smallest absolute Gasteiger partial charge is 0.263 e. The minimum absolute atomic E-state index is 0.0553. The second-order valence-electron chi connectivity index (χ2n) is 5.49. The van der Waals surface area contributed by atoms with Gasteiger partial charge in [0.05, 0.1) is 11.4 Å². The average Bonchev–Trinajstić information content (AvgIpc) is 3.02. The number of amides is 1. The predicted molar refractivity (Wildman–Crippen MR) is 97.2 cm³/mol. The molecule has 3 rings (SSSR count). The number of rotatable bonds is 6.